The number of rotatable bonds is 10. The molecule has 0 amide bonds. The molecule has 0 spiro atoms. The monoisotopic (exact) mass is 314 g/mol. The molecule has 21 heavy (non-hydrogen) atoms. The van der Waals surface area contributed by atoms with Gasteiger partial charge in [0.1, 0.15) is 0 Å². The summed E-state index contributed by atoms with van der Waals surface area (Å²) in [7, 11) is 1.95. The van der Waals surface area contributed by atoms with Gasteiger partial charge in [0.05, 0.1) is 12.4 Å². The van der Waals surface area contributed by atoms with Crippen molar-refractivity contribution in [1.82, 2.24) is 14.8 Å². The highest BCUT2D eigenvalue weighted by atomic mass is 32.2. The lowest BCUT2D eigenvalue weighted by Gasteiger charge is -2.18. The summed E-state index contributed by atoms with van der Waals surface area (Å²) < 4.78 is 7.55. The van der Waals surface area contributed by atoms with Crippen LogP contribution in [0.15, 0.2) is 5.16 Å². The smallest absolute Gasteiger partial charge is 0.313 e. The Morgan fingerprint density at radius 3 is 2.90 bits per heavy atom. The molecule has 0 saturated heterocycles. The molecule has 0 aliphatic heterocycles. The highest BCUT2D eigenvalue weighted by Gasteiger charge is 2.21. The third-order valence-electron chi connectivity index (χ3n) is 3.30. The normalized spacial score (nSPS) is 14.4. The second kappa shape index (κ2) is 7.65. The van der Waals surface area contributed by atoms with Gasteiger partial charge in [-0.25, -0.2) is 0 Å². The van der Waals surface area contributed by atoms with Gasteiger partial charge in [0.2, 0.25) is 5.95 Å². The number of hydrogen-bond donors (Lipinski definition) is 1. The van der Waals surface area contributed by atoms with E-state index in [0.717, 1.165) is 25.0 Å². The highest BCUT2D eigenvalue weighted by Crippen LogP contribution is 2.28. The number of hydrogen-bond acceptors (Lipinski definition) is 6. The predicted octanol–water partition coefficient (Wildman–Crippen LogP) is 1.34. The predicted molar refractivity (Wildman–Crippen MR) is 80.9 cm³/mol. The van der Waals surface area contributed by atoms with E-state index < -0.39 is 5.97 Å². The van der Waals surface area contributed by atoms with Crippen LogP contribution in [0.2, 0.25) is 0 Å². The van der Waals surface area contributed by atoms with Gasteiger partial charge in [0.25, 0.3) is 0 Å². The third kappa shape index (κ3) is 4.89. The molecule has 0 radical (unpaired) electrons. The number of aliphatic carboxylic acids is 1. The van der Waals surface area contributed by atoms with Crippen LogP contribution < -0.4 is 4.90 Å². The van der Waals surface area contributed by atoms with E-state index in [2.05, 4.69) is 10.2 Å². The Kier molecular flexibility index (Phi) is 5.86. The molecule has 0 bridgehead atoms. The summed E-state index contributed by atoms with van der Waals surface area (Å²) >= 11 is 1.19. The molecule has 7 nitrogen and oxygen atoms in total. The van der Waals surface area contributed by atoms with Crippen molar-refractivity contribution < 1.29 is 14.6 Å². The van der Waals surface area contributed by atoms with Gasteiger partial charge < -0.3 is 14.7 Å². The zero-order valence-corrected chi connectivity index (χ0v) is 13.3. The Bertz CT molecular complexity index is 476. The minimum absolute atomic E-state index is 0.00759. The fourth-order valence-corrected chi connectivity index (χ4v) is 2.63. The lowest BCUT2D eigenvalue weighted by molar-refractivity contribution is -0.133. The lowest BCUT2D eigenvalue weighted by atomic mass is 10.5. The Morgan fingerprint density at radius 2 is 2.29 bits per heavy atom. The first-order chi connectivity index (χ1) is 10.1. The van der Waals surface area contributed by atoms with Crippen molar-refractivity contribution in [2.45, 2.75) is 31.5 Å². The SMILES string of the molecule is CCn1c(SCC(=O)O)nnc1N(C)CCOCC1CC1. The molecule has 118 valence electrons. The van der Waals surface area contributed by atoms with Gasteiger partial charge in [-0.05, 0) is 25.7 Å². The summed E-state index contributed by atoms with van der Waals surface area (Å²) in [6.07, 6.45) is 2.59. The number of carbonyl (C=O) groups is 1. The molecule has 0 aromatic carbocycles. The number of likely N-dealkylation sites (N-methyl/N-ethyl adjacent to an activating group) is 1. The van der Waals surface area contributed by atoms with Crippen LogP contribution in [-0.4, -0.2) is 58.4 Å². The van der Waals surface area contributed by atoms with Crippen LogP contribution in [0.25, 0.3) is 0 Å². The van der Waals surface area contributed by atoms with Crippen molar-refractivity contribution in [3.8, 4) is 0 Å². The maximum atomic E-state index is 10.6. The molecule has 1 aliphatic rings. The zero-order valence-electron chi connectivity index (χ0n) is 12.5. The molecule has 0 atom stereocenters. The number of ether oxygens (including phenoxy) is 1. The number of carboxylic acids is 1. The first kappa shape index (κ1) is 16.1. The van der Waals surface area contributed by atoms with E-state index in [1.165, 1.54) is 24.6 Å². The van der Waals surface area contributed by atoms with E-state index in [9.17, 15) is 4.79 Å². The summed E-state index contributed by atoms with van der Waals surface area (Å²) in [5.74, 6) is 0.662. The molecule has 2 rings (SSSR count). The summed E-state index contributed by atoms with van der Waals surface area (Å²) in [5, 5.41) is 17.6. The van der Waals surface area contributed by atoms with E-state index in [4.69, 9.17) is 9.84 Å². The number of nitrogens with zero attached hydrogens (tertiary/aromatic N) is 4. The first-order valence-electron chi connectivity index (χ1n) is 7.18. The highest BCUT2D eigenvalue weighted by molar-refractivity contribution is 7.99. The minimum atomic E-state index is -0.853. The Labute approximate surface area is 128 Å². The first-order valence-corrected chi connectivity index (χ1v) is 8.17. The van der Waals surface area contributed by atoms with Gasteiger partial charge >= 0.3 is 5.97 Å². The van der Waals surface area contributed by atoms with E-state index in [-0.39, 0.29) is 5.75 Å². The molecular weight excluding hydrogens is 292 g/mol. The van der Waals surface area contributed by atoms with Crippen LogP contribution in [0.3, 0.4) is 0 Å². The van der Waals surface area contributed by atoms with Crippen LogP contribution in [0.5, 0.6) is 0 Å². The molecule has 1 aromatic rings. The molecule has 8 heteroatoms. The number of carboxylic acid groups (broad SMARTS) is 1. The van der Waals surface area contributed by atoms with Gasteiger partial charge in [0, 0.05) is 26.7 Å². The van der Waals surface area contributed by atoms with Gasteiger partial charge in [-0.2, -0.15) is 0 Å². The maximum Gasteiger partial charge on any atom is 0.313 e. The molecular formula is C13H22N4O3S. The number of aromatic nitrogens is 3. The third-order valence-corrected chi connectivity index (χ3v) is 4.25. The molecule has 1 heterocycles. The van der Waals surface area contributed by atoms with Crippen LogP contribution >= 0.6 is 11.8 Å². The van der Waals surface area contributed by atoms with Gasteiger partial charge in [0.15, 0.2) is 5.16 Å². The molecule has 1 aromatic heterocycles. The van der Waals surface area contributed by atoms with E-state index in [0.29, 0.717) is 18.3 Å². The second-order valence-corrected chi connectivity index (χ2v) is 6.09. The average Bonchev–Trinajstić information content (AvgIpc) is 3.18. The minimum Gasteiger partial charge on any atom is -0.481 e. The Balaban J connectivity index is 1.85. The fraction of sp³-hybridized carbons (Fsp3) is 0.769. The molecule has 1 aliphatic carbocycles. The van der Waals surface area contributed by atoms with Crippen LogP contribution in [0.4, 0.5) is 5.95 Å². The maximum absolute atomic E-state index is 10.6. The number of anilines is 1. The summed E-state index contributed by atoms with van der Waals surface area (Å²) in [4.78, 5) is 12.6. The zero-order chi connectivity index (χ0) is 15.2. The van der Waals surface area contributed by atoms with Crippen molar-refractivity contribution in [2.24, 2.45) is 5.92 Å². The van der Waals surface area contributed by atoms with Crippen molar-refractivity contribution in [1.29, 1.82) is 0 Å². The Hall–Kier alpha value is -1.28. The Morgan fingerprint density at radius 1 is 1.52 bits per heavy atom. The lowest BCUT2D eigenvalue weighted by Crippen LogP contribution is -2.26. The van der Waals surface area contributed by atoms with Crippen LogP contribution in [-0.2, 0) is 16.1 Å². The second-order valence-electron chi connectivity index (χ2n) is 5.15. The van der Waals surface area contributed by atoms with Gasteiger partial charge in [-0.15, -0.1) is 10.2 Å². The van der Waals surface area contributed by atoms with Crippen LogP contribution in [0.1, 0.15) is 19.8 Å². The average molecular weight is 314 g/mol. The largest absolute Gasteiger partial charge is 0.481 e. The van der Waals surface area contributed by atoms with E-state index in [1.807, 2.05) is 23.4 Å². The standard InChI is InChI=1S/C13H22N4O3S/c1-3-17-12(14-15-13(17)21-9-11(18)19)16(2)6-7-20-8-10-4-5-10/h10H,3-9H2,1-2H3,(H,18,19). The molecule has 1 N–H and O–H groups in total. The summed E-state index contributed by atoms with van der Waals surface area (Å²) in [5.41, 5.74) is 0. The fourth-order valence-electron chi connectivity index (χ4n) is 1.91. The summed E-state index contributed by atoms with van der Waals surface area (Å²) in [6.45, 7) is 4.97. The van der Waals surface area contributed by atoms with Crippen molar-refractivity contribution >= 4 is 23.7 Å². The molecule has 1 fully saturated rings. The van der Waals surface area contributed by atoms with Gasteiger partial charge in [-0.3, -0.25) is 9.36 Å². The van der Waals surface area contributed by atoms with E-state index >= 15 is 0 Å². The van der Waals surface area contributed by atoms with Crippen molar-refractivity contribution in [3.05, 3.63) is 0 Å². The van der Waals surface area contributed by atoms with Crippen molar-refractivity contribution in [3.63, 3.8) is 0 Å². The quantitative estimate of drug-likeness (QED) is 0.515. The topological polar surface area (TPSA) is 80.5 Å². The molecule has 1 saturated carbocycles. The molecule has 0 unspecified atom stereocenters. The number of thioether (sulfide) groups is 1. The summed E-state index contributed by atoms with van der Waals surface area (Å²) in [6, 6.07) is 0. The van der Waals surface area contributed by atoms with Crippen LogP contribution in [0, 0.1) is 5.92 Å². The van der Waals surface area contributed by atoms with Crippen molar-refractivity contribution in [2.75, 3.05) is 37.5 Å². The van der Waals surface area contributed by atoms with E-state index in [1.54, 1.807) is 0 Å². The van der Waals surface area contributed by atoms with Gasteiger partial charge in [-0.1, -0.05) is 11.8 Å².